The zero-order valence-electron chi connectivity index (χ0n) is 16.4. The molecule has 0 saturated heterocycles. The summed E-state index contributed by atoms with van der Waals surface area (Å²) in [7, 11) is 1.67. The van der Waals surface area contributed by atoms with Gasteiger partial charge in [-0.3, -0.25) is 4.79 Å². The van der Waals surface area contributed by atoms with Crippen LogP contribution in [0.1, 0.15) is 39.6 Å². The van der Waals surface area contributed by atoms with Crippen molar-refractivity contribution < 1.29 is 9.53 Å². The van der Waals surface area contributed by atoms with Crippen LogP contribution in [0.2, 0.25) is 0 Å². The number of ketones is 1. The lowest BCUT2D eigenvalue weighted by molar-refractivity contribution is 0.0961. The second-order valence-corrected chi connectivity index (χ2v) is 7.45. The molecule has 0 amide bonds. The van der Waals surface area contributed by atoms with E-state index in [1.165, 1.54) is 0 Å². The minimum Gasteiger partial charge on any atom is -0.496 e. The average molecular weight is 383 g/mol. The first-order valence-corrected chi connectivity index (χ1v) is 9.76. The monoisotopic (exact) mass is 383 g/mol. The Bertz CT molecular complexity index is 1230. The topological polar surface area (TPSA) is 56.5 Å². The molecule has 1 aliphatic carbocycles. The highest BCUT2D eigenvalue weighted by Gasteiger charge is 2.31. The lowest BCUT2D eigenvalue weighted by atomic mass is 9.81. The number of carbonyl (C=O) groups excluding carboxylic acids is 1. The highest BCUT2D eigenvalue weighted by atomic mass is 16.5. The molecule has 0 spiro atoms. The highest BCUT2D eigenvalue weighted by molar-refractivity contribution is 5.99. The minimum absolute atomic E-state index is 0.0569. The van der Waals surface area contributed by atoms with E-state index in [-0.39, 0.29) is 11.7 Å². The fraction of sp³-hybridized carbons (Fsp3) is 0.208. The minimum atomic E-state index is 0.0569. The summed E-state index contributed by atoms with van der Waals surface area (Å²) in [6, 6.07) is 18.1. The summed E-state index contributed by atoms with van der Waals surface area (Å²) in [5, 5.41) is 4.78. The summed E-state index contributed by atoms with van der Waals surface area (Å²) >= 11 is 0. The third-order valence-corrected chi connectivity index (χ3v) is 5.73. The number of benzene rings is 2. The molecule has 4 aromatic rings. The van der Waals surface area contributed by atoms with Crippen LogP contribution in [-0.4, -0.2) is 27.5 Å². The Morgan fingerprint density at radius 2 is 1.79 bits per heavy atom. The third-order valence-electron chi connectivity index (χ3n) is 5.73. The molecule has 0 aliphatic heterocycles. The van der Waals surface area contributed by atoms with Gasteiger partial charge in [0, 0.05) is 24.1 Å². The Hall–Kier alpha value is -3.47. The molecule has 2 aromatic carbocycles. The Morgan fingerprint density at radius 3 is 2.59 bits per heavy atom. The van der Waals surface area contributed by atoms with Crippen molar-refractivity contribution in [2.75, 3.05) is 7.11 Å². The maximum atomic E-state index is 13.0. The van der Waals surface area contributed by atoms with Gasteiger partial charge < -0.3 is 4.74 Å². The number of ether oxygens (including phenoxy) is 1. The zero-order chi connectivity index (χ0) is 20.0. The number of rotatable bonds is 3. The van der Waals surface area contributed by atoms with Crippen LogP contribution >= 0.6 is 0 Å². The first kappa shape index (κ1) is 17.6. The number of hydrogen-bond acceptors (Lipinski definition) is 4. The van der Waals surface area contributed by atoms with Gasteiger partial charge in [-0.05, 0) is 30.5 Å². The Balaban J connectivity index is 1.67. The van der Waals surface area contributed by atoms with Crippen LogP contribution < -0.4 is 4.74 Å². The highest BCUT2D eigenvalue weighted by Crippen LogP contribution is 2.38. The maximum Gasteiger partial charge on any atom is 0.166 e. The predicted molar refractivity (Wildman–Crippen MR) is 112 cm³/mol. The molecular weight excluding hydrogens is 362 g/mol. The summed E-state index contributed by atoms with van der Waals surface area (Å²) in [5.74, 6) is 0.980. The van der Waals surface area contributed by atoms with Gasteiger partial charge >= 0.3 is 0 Å². The van der Waals surface area contributed by atoms with E-state index in [0.29, 0.717) is 12.0 Å². The molecule has 2 heterocycles. The van der Waals surface area contributed by atoms with Gasteiger partial charge in [-0.15, -0.1) is 0 Å². The van der Waals surface area contributed by atoms with E-state index in [4.69, 9.17) is 9.84 Å². The van der Waals surface area contributed by atoms with E-state index in [0.717, 1.165) is 45.9 Å². The molecule has 144 valence electrons. The van der Waals surface area contributed by atoms with Crippen LogP contribution in [0.25, 0.3) is 16.8 Å². The second kappa shape index (κ2) is 6.85. The zero-order valence-corrected chi connectivity index (χ0v) is 16.4. The van der Waals surface area contributed by atoms with Gasteiger partial charge in [0.25, 0.3) is 0 Å². The molecule has 5 nitrogen and oxygen atoms in total. The van der Waals surface area contributed by atoms with E-state index in [9.17, 15) is 4.79 Å². The number of Topliss-reactive ketones (excluding diaryl/α,β-unsaturated/α-hetero) is 1. The molecular formula is C24H21N3O2. The van der Waals surface area contributed by atoms with E-state index >= 15 is 0 Å². The fourth-order valence-corrected chi connectivity index (χ4v) is 4.37. The molecule has 0 unspecified atom stereocenters. The first-order chi connectivity index (χ1) is 14.2. The normalized spacial score (nSPS) is 16.1. The third kappa shape index (κ3) is 2.81. The average Bonchev–Trinajstić information content (AvgIpc) is 3.10. The number of nitrogens with zero attached hydrogens (tertiary/aromatic N) is 3. The van der Waals surface area contributed by atoms with Gasteiger partial charge in [0.15, 0.2) is 11.4 Å². The van der Waals surface area contributed by atoms with Crippen molar-refractivity contribution in [2.45, 2.75) is 25.7 Å². The maximum absolute atomic E-state index is 13.0. The van der Waals surface area contributed by atoms with Crippen LogP contribution in [0.3, 0.4) is 0 Å². The van der Waals surface area contributed by atoms with Crippen molar-refractivity contribution in [3.05, 3.63) is 83.3 Å². The molecule has 0 saturated carbocycles. The number of methoxy groups -OCH3 is 1. The SMILES string of the molecule is COc1ccccc1[C@H]1CC(=O)c2cnc3c(-c4ccccc4)c(C)nn3c2C1. The standard InChI is InChI=1S/C24H21N3O2/c1-15-23(16-8-4-3-5-9-16)24-25-14-19-20(27(24)26-15)12-17(13-21(19)28)18-10-6-7-11-22(18)29-2/h3-11,14,17H,12-13H2,1-2H3/t17-/m1/s1. The van der Waals surface area contributed by atoms with E-state index < -0.39 is 0 Å². The summed E-state index contributed by atoms with van der Waals surface area (Å²) in [4.78, 5) is 17.6. The summed E-state index contributed by atoms with van der Waals surface area (Å²) < 4.78 is 7.41. The molecule has 5 heteroatoms. The van der Waals surface area contributed by atoms with Gasteiger partial charge in [-0.2, -0.15) is 5.10 Å². The Kier molecular flexibility index (Phi) is 4.16. The van der Waals surface area contributed by atoms with Gasteiger partial charge in [0.2, 0.25) is 0 Å². The molecule has 0 fully saturated rings. The second-order valence-electron chi connectivity index (χ2n) is 7.45. The lowest BCUT2D eigenvalue weighted by Gasteiger charge is -2.25. The molecule has 2 aromatic heterocycles. The molecule has 1 atom stereocenters. The number of carbonyl (C=O) groups is 1. The van der Waals surface area contributed by atoms with Gasteiger partial charge in [-0.25, -0.2) is 9.50 Å². The molecule has 5 rings (SSSR count). The predicted octanol–water partition coefficient (Wildman–Crippen LogP) is 4.63. The largest absolute Gasteiger partial charge is 0.496 e. The smallest absolute Gasteiger partial charge is 0.166 e. The van der Waals surface area contributed by atoms with Crippen LogP contribution in [0.5, 0.6) is 5.75 Å². The summed E-state index contributed by atoms with van der Waals surface area (Å²) in [6.45, 7) is 1.99. The van der Waals surface area contributed by atoms with Crippen molar-refractivity contribution >= 4 is 11.4 Å². The lowest BCUT2D eigenvalue weighted by Crippen LogP contribution is -2.22. The number of fused-ring (bicyclic) bond motifs is 3. The van der Waals surface area contributed by atoms with Crippen molar-refractivity contribution in [3.8, 4) is 16.9 Å². The summed E-state index contributed by atoms with van der Waals surface area (Å²) in [6.07, 6.45) is 2.89. The molecule has 1 aliphatic rings. The van der Waals surface area contributed by atoms with Crippen LogP contribution in [-0.2, 0) is 6.42 Å². The fourth-order valence-electron chi connectivity index (χ4n) is 4.37. The van der Waals surface area contributed by atoms with E-state index in [1.54, 1.807) is 13.3 Å². The van der Waals surface area contributed by atoms with E-state index in [2.05, 4.69) is 17.1 Å². The van der Waals surface area contributed by atoms with E-state index in [1.807, 2.05) is 53.9 Å². The van der Waals surface area contributed by atoms with Gasteiger partial charge in [0.1, 0.15) is 5.75 Å². The molecule has 0 radical (unpaired) electrons. The van der Waals surface area contributed by atoms with Crippen LogP contribution in [0.15, 0.2) is 60.8 Å². The first-order valence-electron chi connectivity index (χ1n) is 9.76. The van der Waals surface area contributed by atoms with Crippen molar-refractivity contribution in [1.29, 1.82) is 0 Å². The molecule has 0 bridgehead atoms. The van der Waals surface area contributed by atoms with Crippen molar-refractivity contribution in [2.24, 2.45) is 0 Å². The quantitative estimate of drug-likeness (QED) is 0.518. The van der Waals surface area contributed by atoms with Crippen LogP contribution in [0, 0.1) is 6.92 Å². The Labute approximate surface area is 169 Å². The molecule has 0 N–H and O–H groups in total. The number of aromatic nitrogens is 3. The van der Waals surface area contributed by atoms with Crippen molar-refractivity contribution in [3.63, 3.8) is 0 Å². The summed E-state index contributed by atoms with van der Waals surface area (Å²) in [5.41, 5.74) is 6.45. The Morgan fingerprint density at radius 1 is 1.03 bits per heavy atom. The number of hydrogen-bond donors (Lipinski definition) is 0. The van der Waals surface area contributed by atoms with Gasteiger partial charge in [0.05, 0.1) is 24.1 Å². The number of para-hydroxylation sites is 1. The number of aryl methyl sites for hydroxylation is 1. The molecule has 29 heavy (non-hydrogen) atoms. The van der Waals surface area contributed by atoms with Crippen molar-refractivity contribution in [1.82, 2.24) is 14.6 Å². The van der Waals surface area contributed by atoms with Gasteiger partial charge in [-0.1, -0.05) is 48.5 Å². The van der Waals surface area contributed by atoms with Crippen LogP contribution in [0.4, 0.5) is 0 Å².